The molecular formula is C19H22FN3O. The molecule has 0 spiro atoms. The number of rotatable bonds is 6. The van der Waals surface area contributed by atoms with Crippen molar-refractivity contribution in [1.29, 1.82) is 0 Å². The number of hydrogen-bond donors (Lipinski definition) is 2. The number of aromatic nitrogens is 2. The van der Waals surface area contributed by atoms with E-state index < -0.39 is 5.95 Å². The molecule has 1 unspecified atom stereocenters. The molecular weight excluding hydrogens is 305 g/mol. The SMILES string of the molecule is CNCCC(c1ccc(F)nc1C)c1c[nH]c2cccc(OC)c12. The van der Waals surface area contributed by atoms with Crippen molar-refractivity contribution in [3.63, 3.8) is 0 Å². The van der Waals surface area contributed by atoms with Crippen LogP contribution in [0.2, 0.25) is 0 Å². The largest absolute Gasteiger partial charge is 0.496 e. The van der Waals surface area contributed by atoms with Crippen LogP contribution in [0.4, 0.5) is 4.39 Å². The molecule has 126 valence electrons. The van der Waals surface area contributed by atoms with Gasteiger partial charge >= 0.3 is 0 Å². The Bertz CT molecular complexity index is 844. The van der Waals surface area contributed by atoms with Crippen molar-refractivity contribution >= 4 is 10.9 Å². The van der Waals surface area contributed by atoms with Crippen molar-refractivity contribution in [3.8, 4) is 5.75 Å². The molecule has 3 aromatic rings. The van der Waals surface area contributed by atoms with Crippen LogP contribution in [-0.4, -0.2) is 30.7 Å². The minimum Gasteiger partial charge on any atom is -0.496 e. The van der Waals surface area contributed by atoms with Crippen molar-refractivity contribution in [2.45, 2.75) is 19.3 Å². The minimum absolute atomic E-state index is 0.107. The molecule has 2 heterocycles. The van der Waals surface area contributed by atoms with Gasteiger partial charge in [-0.15, -0.1) is 0 Å². The monoisotopic (exact) mass is 327 g/mol. The van der Waals surface area contributed by atoms with Crippen LogP contribution in [0.25, 0.3) is 10.9 Å². The minimum atomic E-state index is -0.444. The zero-order chi connectivity index (χ0) is 17.1. The number of methoxy groups -OCH3 is 1. The van der Waals surface area contributed by atoms with Crippen LogP contribution < -0.4 is 10.1 Å². The number of benzene rings is 1. The lowest BCUT2D eigenvalue weighted by molar-refractivity contribution is 0.419. The molecule has 1 atom stereocenters. The van der Waals surface area contributed by atoms with Crippen molar-refractivity contribution in [2.75, 3.05) is 20.7 Å². The third-order valence-electron chi connectivity index (χ3n) is 4.44. The van der Waals surface area contributed by atoms with E-state index >= 15 is 0 Å². The summed E-state index contributed by atoms with van der Waals surface area (Å²) in [4.78, 5) is 7.33. The third-order valence-corrected chi connectivity index (χ3v) is 4.44. The van der Waals surface area contributed by atoms with Gasteiger partial charge in [-0.1, -0.05) is 12.1 Å². The van der Waals surface area contributed by atoms with Crippen LogP contribution >= 0.6 is 0 Å². The van der Waals surface area contributed by atoms with Gasteiger partial charge < -0.3 is 15.0 Å². The summed E-state index contributed by atoms with van der Waals surface area (Å²) in [6.45, 7) is 2.71. The molecule has 0 aliphatic rings. The molecule has 1 aromatic carbocycles. The van der Waals surface area contributed by atoms with E-state index in [1.165, 1.54) is 6.07 Å². The normalized spacial score (nSPS) is 12.5. The number of pyridine rings is 1. The van der Waals surface area contributed by atoms with Crippen LogP contribution in [0.5, 0.6) is 5.75 Å². The molecule has 0 saturated carbocycles. The standard InChI is InChI=1S/C19H22FN3O/c1-12-13(7-8-18(20)23-12)14(9-10-21-2)15-11-22-16-5-4-6-17(24-3)19(15)16/h4-8,11,14,21-22H,9-10H2,1-3H3. The quantitative estimate of drug-likeness (QED) is 0.678. The lowest BCUT2D eigenvalue weighted by Gasteiger charge is -2.19. The second-order valence-electron chi connectivity index (χ2n) is 5.88. The topological polar surface area (TPSA) is 49.9 Å². The summed E-state index contributed by atoms with van der Waals surface area (Å²) < 4.78 is 19.0. The zero-order valence-corrected chi connectivity index (χ0v) is 14.2. The van der Waals surface area contributed by atoms with Gasteiger partial charge in [-0.25, -0.2) is 4.98 Å². The summed E-state index contributed by atoms with van der Waals surface area (Å²) in [6, 6.07) is 9.23. The van der Waals surface area contributed by atoms with Gasteiger partial charge in [-0.2, -0.15) is 4.39 Å². The van der Waals surface area contributed by atoms with E-state index in [0.29, 0.717) is 0 Å². The summed E-state index contributed by atoms with van der Waals surface area (Å²) >= 11 is 0. The van der Waals surface area contributed by atoms with Crippen LogP contribution in [0.15, 0.2) is 36.5 Å². The number of halogens is 1. The van der Waals surface area contributed by atoms with Crippen molar-refractivity contribution in [3.05, 3.63) is 59.3 Å². The van der Waals surface area contributed by atoms with Gasteiger partial charge in [0.15, 0.2) is 0 Å². The van der Waals surface area contributed by atoms with E-state index in [1.807, 2.05) is 44.4 Å². The van der Waals surface area contributed by atoms with Crippen LogP contribution in [0.1, 0.15) is 29.2 Å². The number of ether oxygens (including phenoxy) is 1. The third kappa shape index (κ3) is 2.99. The average molecular weight is 327 g/mol. The van der Waals surface area contributed by atoms with Crippen LogP contribution in [-0.2, 0) is 0 Å². The molecule has 4 nitrogen and oxygen atoms in total. The molecule has 0 bridgehead atoms. The van der Waals surface area contributed by atoms with Gasteiger partial charge in [0.2, 0.25) is 5.95 Å². The first-order chi connectivity index (χ1) is 11.7. The molecule has 5 heteroatoms. The van der Waals surface area contributed by atoms with E-state index in [-0.39, 0.29) is 5.92 Å². The summed E-state index contributed by atoms with van der Waals surface area (Å²) in [5, 5.41) is 4.28. The Morgan fingerprint density at radius 1 is 1.25 bits per heavy atom. The molecule has 0 aliphatic heterocycles. The highest BCUT2D eigenvalue weighted by molar-refractivity contribution is 5.90. The Morgan fingerprint density at radius 3 is 2.79 bits per heavy atom. The number of nitrogens with zero attached hydrogens (tertiary/aromatic N) is 1. The smallest absolute Gasteiger partial charge is 0.213 e. The Morgan fingerprint density at radius 2 is 2.08 bits per heavy atom. The van der Waals surface area contributed by atoms with Crippen LogP contribution in [0.3, 0.4) is 0 Å². The van der Waals surface area contributed by atoms with Gasteiger partial charge in [0, 0.05) is 28.7 Å². The Kier molecular flexibility index (Phi) is 4.81. The lowest BCUT2D eigenvalue weighted by Crippen LogP contribution is -2.14. The highest BCUT2D eigenvalue weighted by atomic mass is 19.1. The Labute approximate surface area is 141 Å². The number of fused-ring (bicyclic) bond motifs is 1. The number of nitrogens with one attached hydrogen (secondary N) is 2. The second-order valence-corrected chi connectivity index (χ2v) is 5.88. The first-order valence-electron chi connectivity index (χ1n) is 8.07. The van der Waals surface area contributed by atoms with Crippen molar-refractivity contribution < 1.29 is 9.13 Å². The number of aryl methyl sites for hydroxylation is 1. The van der Waals surface area contributed by atoms with E-state index in [9.17, 15) is 4.39 Å². The predicted octanol–water partition coefficient (Wildman–Crippen LogP) is 3.76. The molecule has 0 amide bonds. The fourth-order valence-electron chi connectivity index (χ4n) is 3.30. The van der Waals surface area contributed by atoms with E-state index in [0.717, 1.165) is 46.4 Å². The lowest BCUT2D eigenvalue weighted by atomic mass is 9.87. The average Bonchev–Trinajstić information content (AvgIpc) is 3.01. The Hall–Kier alpha value is -2.40. The number of H-pyrrole nitrogens is 1. The second kappa shape index (κ2) is 7.01. The van der Waals surface area contributed by atoms with Gasteiger partial charge in [0.25, 0.3) is 0 Å². The predicted molar refractivity (Wildman–Crippen MR) is 94.2 cm³/mol. The Balaban J connectivity index is 2.16. The maximum Gasteiger partial charge on any atom is 0.213 e. The summed E-state index contributed by atoms with van der Waals surface area (Å²) in [7, 11) is 3.61. The fraction of sp³-hybridized carbons (Fsp3) is 0.316. The fourth-order valence-corrected chi connectivity index (χ4v) is 3.30. The summed E-state index contributed by atoms with van der Waals surface area (Å²) in [5.74, 6) is 0.502. The van der Waals surface area contributed by atoms with Crippen LogP contribution in [0, 0.1) is 12.9 Å². The van der Waals surface area contributed by atoms with E-state index in [2.05, 4.69) is 15.3 Å². The van der Waals surface area contributed by atoms with E-state index in [1.54, 1.807) is 7.11 Å². The molecule has 0 radical (unpaired) electrons. The molecule has 0 fully saturated rings. The summed E-state index contributed by atoms with van der Waals surface area (Å²) in [6.07, 6.45) is 2.91. The van der Waals surface area contributed by atoms with Gasteiger partial charge in [-0.05, 0) is 56.3 Å². The maximum absolute atomic E-state index is 13.4. The first-order valence-corrected chi connectivity index (χ1v) is 8.07. The van der Waals surface area contributed by atoms with Gasteiger partial charge in [-0.3, -0.25) is 0 Å². The molecule has 2 N–H and O–H groups in total. The number of hydrogen-bond acceptors (Lipinski definition) is 3. The highest BCUT2D eigenvalue weighted by Crippen LogP contribution is 2.38. The molecule has 3 rings (SSSR count). The van der Waals surface area contributed by atoms with Gasteiger partial charge in [0.05, 0.1) is 7.11 Å². The first kappa shape index (κ1) is 16.5. The molecule has 2 aromatic heterocycles. The molecule has 0 aliphatic carbocycles. The van der Waals surface area contributed by atoms with Crippen molar-refractivity contribution in [2.24, 2.45) is 0 Å². The molecule has 24 heavy (non-hydrogen) atoms. The number of aromatic amines is 1. The summed E-state index contributed by atoms with van der Waals surface area (Å²) in [5.41, 5.74) is 3.94. The molecule has 0 saturated heterocycles. The van der Waals surface area contributed by atoms with E-state index in [4.69, 9.17) is 4.74 Å². The maximum atomic E-state index is 13.4. The zero-order valence-electron chi connectivity index (χ0n) is 14.2. The van der Waals surface area contributed by atoms with Gasteiger partial charge in [0.1, 0.15) is 5.75 Å². The van der Waals surface area contributed by atoms with Crippen molar-refractivity contribution in [1.82, 2.24) is 15.3 Å². The highest BCUT2D eigenvalue weighted by Gasteiger charge is 2.22.